The van der Waals surface area contributed by atoms with Gasteiger partial charge in [-0.05, 0) is 48.9 Å². The second kappa shape index (κ2) is 6.99. The monoisotopic (exact) mass is 366 g/mol. The first-order valence-electron chi connectivity index (χ1n) is 8.64. The third-order valence-corrected chi connectivity index (χ3v) is 4.39. The molecule has 3 aromatic rings. The molecule has 0 radical (unpaired) electrons. The average Bonchev–Trinajstić information content (AvgIpc) is 3.24. The van der Waals surface area contributed by atoms with Crippen LogP contribution in [0.2, 0.25) is 0 Å². The number of hydrogen-bond acceptors (Lipinski definition) is 4. The standard InChI is InChI=1S/C19H18N4O4/c24-17(20-12-3-8-15-16(10-12)22-19(26)21-15)11-27-14-6-4-13(5-7-14)23-9-1-2-18(23)25/h3-8,10H,1-2,9,11H2,(H,20,24)(H2,21,22,26). The molecule has 8 nitrogen and oxygen atoms in total. The normalized spacial score (nSPS) is 13.9. The van der Waals surface area contributed by atoms with E-state index in [1.165, 1.54) is 0 Å². The first-order chi connectivity index (χ1) is 13.1. The Bertz CT molecular complexity index is 1050. The number of ether oxygens (including phenoxy) is 1. The lowest BCUT2D eigenvalue weighted by molar-refractivity contribution is -0.118. The smallest absolute Gasteiger partial charge is 0.323 e. The maximum absolute atomic E-state index is 12.1. The minimum Gasteiger partial charge on any atom is -0.484 e. The summed E-state index contributed by atoms with van der Waals surface area (Å²) in [6, 6.07) is 12.2. The van der Waals surface area contributed by atoms with Crippen molar-refractivity contribution in [1.82, 2.24) is 9.97 Å². The number of carbonyl (C=O) groups excluding carboxylic acids is 2. The van der Waals surface area contributed by atoms with Crippen LogP contribution in [0.3, 0.4) is 0 Å². The highest BCUT2D eigenvalue weighted by molar-refractivity contribution is 5.95. The van der Waals surface area contributed by atoms with Crippen LogP contribution in [0, 0.1) is 0 Å². The second-order valence-electron chi connectivity index (χ2n) is 6.32. The lowest BCUT2D eigenvalue weighted by Crippen LogP contribution is -2.23. The molecular weight excluding hydrogens is 348 g/mol. The van der Waals surface area contributed by atoms with E-state index in [9.17, 15) is 14.4 Å². The van der Waals surface area contributed by atoms with Crippen LogP contribution in [0.15, 0.2) is 47.3 Å². The number of nitrogens with zero attached hydrogens (tertiary/aromatic N) is 1. The summed E-state index contributed by atoms with van der Waals surface area (Å²) in [6.07, 6.45) is 1.46. The van der Waals surface area contributed by atoms with Gasteiger partial charge in [0.05, 0.1) is 11.0 Å². The maximum atomic E-state index is 12.1. The molecule has 1 aliphatic heterocycles. The highest BCUT2D eigenvalue weighted by atomic mass is 16.5. The summed E-state index contributed by atoms with van der Waals surface area (Å²) < 4.78 is 5.50. The molecule has 4 rings (SSSR count). The molecule has 0 aliphatic carbocycles. The van der Waals surface area contributed by atoms with Gasteiger partial charge in [-0.2, -0.15) is 0 Å². The minimum absolute atomic E-state index is 0.129. The van der Waals surface area contributed by atoms with Crippen LogP contribution in [0.5, 0.6) is 5.75 Å². The van der Waals surface area contributed by atoms with Gasteiger partial charge in [0.1, 0.15) is 5.75 Å². The van der Waals surface area contributed by atoms with Crippen molar-refractivity contribution >= 4 is 34.2 Å². The molecule has 1 aromatic heterocycles. The second-order valence-corrected chi connectivity index (χ2v) is 6.32. The van der Waals surface area contributed by atoms with Crippen molar-refractivity contribution in [2.75, 3.05) is 23.4 Å². The molecule has 1 aliphatic rings. The quantitative estimate of drug-likeness (QED) is 0.642. The Morgan fingerprint density at radius 2 is 1.85 bits per heavy atom. The molecule has 0 spiro atoms. The van der Waals surface area contributed by atoms with Gasteiger partial charge in [-0.15, -0.1) is 0 Å². The van der Waals surface area contributed by atoms with Gasteiger partial charge < -0.3 is 24.9 Å². The Kier molecular flexibility index (Phi) is 4.37. The molecule has 2 aromatic carbocycles. The van der Waals surface area contributed by atoms with Crippen LogP contribution in [-0.2, 0) is 9.59 Å². The minimum atomic E-state index is -0.314. The fraction of sp³-hybridized carbons (Fsp3) is 0.211. The zero-order valence-corrected chi connectivity index (χ0v) is 14.5. The van der Waals surface area contributed by atoms with Gasteiger partial charge in [-0.3, -0.25) is 9.59 Å². The van der Waals surface area contributed by atoms with E-state index in [0.29, 0.717) is 28.9 Å². The number of carbonyl (C=O) groups is 2. The van der Waals surface area contributed by atoms with Crippen molar-refractivity contribution in [2.45, 2.75) is 12.8 Å². The average molecular weight is 366 g/mol. The van der Waals surface area contributed by atoms with Gasteiger partial charge in [0.2, 0.25) is 5.91 Å². The number of benzene rings is 2. The van der Waals surface area contributed by atoms with Gasteiger partial charge in [0, 0.05) is 24.3 Å². The lowest BCUT2D eigenvalue weighted by atomic mass is 10.2. The molecule has 1 fully saturated rings. The molecular formula is C19H18N4O4. The summed E-state index contributed by atoms with van der Waals surface area (Å²) in [5, 5.41) is 2.72. The summed E-state index contributed by atoms with van der Waals surface area (Å²) in [4.78, 5) is 42.1. The van der Waals surface area contributed by atoms with Crippen LogP contribution >= 0.6 is 0 Å². The van der Waals surface area contributed by atoms with Crippen LogP contribution in [-0.4, -0.2) is 34.9 Å². The first-order valence-corrected chi connectivity index (χ1v) is 8.64. The van der Waals surface area contributed by atoms with E-state index in [4.69, 9.17) is 4.74 Å². The number of fused-ring (bicyclic) bond motifs is 1. The third kappa shape index (κ3) is 3.69. The largest absolute Gasteiger partial charge is 0.484 e. The molecule has 27 heavy (non-hydrogen) atoms. The molecule has 8 heteroatoms. The van der Waals surface area contributed by atoms with Crippen LogP contribution in [0.1, 0.15) is 12.8 Å². The summed E-state index contributed by atoms with van der Waals surface area (Å²) in [6.45, 7) is 0.585. The predicted octanol–water partition coefficient (Wildman–Crippen LogP) is 2.00. The Labute approximate surface area is 154 Å². The van der Waals surface area contributed by atoms with Crippen LogP contribution in [0.4, 0.5) is 11.4 Å². The number of amides is 2. The maximum Gasteiger partial charge on any atom is 0.323 e. The number of H-pyrrole nitrogens is 2. The molecule has 0 saturated carbocycles. The summed E-state index contributed by atoms with van der Waals surface area (Å²) in [5.74, 6) is 0.362. The van der Waals surface area contributed by atoms with Crippen molar-refractivity contribution in [3.05, 3.63) is 52.9 Å². The molecule has 1 saturated heterocycles. The molecule has 138 valence electrons. The van der Waals surface area contributed by atoms with Gasteiger partial charge in [0.25, 0.3) is 5.91 Å². The Balaban J connectivity index is 1.34. The fourth-order valence-electron chi connectivity index (χ4n) is 3.10. The number of rotatable bonds is 5. The van der Waals surface area contributed by atoms with Gasteiger partial charge in [-0.1, -0.05) is 0 Å². The Morgan fingerprint density at radius 1 is 1.07 bits per heavy atom. The van der Waals surface area contributed by atoms with Crippen molar-refractivity contribution in [1.29, 1.82) is 0 Å². The topological polar surface area (TPSA) is 107 Å². The number of hydrogen-bond donors (Lipinski definition) is 3. The highest BCUT2D eigenvalue weighted by Crippen LogP contribution is 2.24. The Morgan fingerprint density at radius 3 is 2.59 bits per heavy atom. The van der Waals surface area contributed by atoms with Crippen molar-refractivity contribution in [3.8, 4) is 5.75 Å². The van der Waals surface area contributed by atoms with E-state index in [1.807, 2.05) is 12.1 Å². The van der Waals surface area contributed by atoms with Crippen LogP contribution in [0.25, 0.3) is 11.0 Å². The van der Waals surface area contributed by atoms with Crippen molar-refractivity contribution in [2.24, 2.45) is 0 Å². The molecule has 0 bridgehead atoms. The lowest BCUT2D eigenvalue weighted by Gasteiger charge is -2.16. The molecule has 0 atom stereocenters. The van der Waals surface area contributed by atoms with E-state index in [0.717, 1.165) is 18.7 Å². The molecule has 3 N–H and O–H groups in total. The molecule has 2 heterocycles. The molecule has 0 unspecified atom stereocenters. The van der Waals surface area contributed by atoms with Crippen molar-refractivity contribution < 1.29 is 14.3 Å². The number of aromatic amines is 2. The summed E-state index contributed by atoms with van der Waals surface area (Å²) in [5.41, 5.74) is 2.39. The highest BCUT2D eigenvalue weighted by Gasteiger charge is 2.21. The van der Waals surface area contributed by atoms with Gasteiger partial charge in [0.15, 0.2) is 6.61 Å². The van der Waals surface area contributed by atoms with Crippen molar-refractivity contribution in [3.63, 3.8) is 0 Å². The van der Waals surface area contributed by atoms with E-state index < -0.39 is 0 Å². The van der Waals surface area contributed by atoms with E-state index in [-0.39, 0.29) is 24.1 Å². The third-order valence-electron chi connectivity index (χ3n) is 4.39. The fourth-order valence-corrected chi connectivity index (χ4v) is 3.10. The summed E-state index contributed by atoms with van der Waals surface area (Å²) >= 11 is 0. The first kappa shape index (κ1) is 16.9. The number of aromatic nitrogens is 2. The molecule has 2 amide bonds. The van der Waals surface area contributed by atoms with E-state index in [1.54, 1.807) is 35.2 Å². The van der Waals surface area contributed by atoms with Gasteiger partial charge >= 0.3 is 5.69 Å². The summed E-state index contributed by atoms with van der Waals surface area (Å²) in [7, 11) is 0. The number of nitrogens with one attached hydrogen (secondary N) is 3. The zero-order valence-electron chi connectivity index (χ0n) is 14.5. The van der Waals surface area contributed by atoms with Gasteiger partial charge in [-0.25, -0.2) is 4.79 Å². The zero-order chi connectivity index (χ0) is 18.8. The SMILES string of the molecule is O=C(COc1ccc(N2CCCC2=O)cc1)Nc1ccc2[nH]c(=O)[nH]c2c1. The Hall–Kier alpha value is -3.55. The van der Waals surface area contributed by atoms with E-state index >= 15 is 0 Å². The van der Waals surface area contributed by atoms with Crippen LogP contribution < -0.4 is 20.6 Å². The predicted molar refractivity (Wildman–Crippen MR) is 101 cm³/mol. The number of anilines is 2. The number of imidazole rings is 1. The van der Waals surface area contributed by atoms with E-state index in [2.05, 4.69) is 15.3 Å².